The zero-order valence-corrected chi connectivity index (χ0v) is 12.6. The Morgan fingerprint density at radius 1 is 1.63 bits per heavy atom. The van der Waals surface area contributed by atoms with Gasteiger partial charge >= 0.3 is 0 Å². The fourth-order valence-electron chi connectivity index (χ4n) is 1.85. The first kappa shape index (κ1) is 14.7. The Morgan fingerprint density at radius 3 is 3.05 bits per heavy atom. The molecule has 1 aromatic rings. The number of carbonyl (C=O) groups excluding carboxylic acids is 1. The van der Waals surface area contributed by atoms with Crippen molar-refractivity contribution in [2.24, 2.45) is 5.73 Å². The summed E-state index contributed by atoms with van der Waals surface area (Å²) >= 11 is 3.60. The van der Waals surface area contributed by atoms with E-state index in [1.165, 1.54) is 6.26 Å². The summed E-state index contributed by atoms with van der Waals surface area (Å²) in [5, 5.41) is 0. The van der Waals surface area contributed by atoms with Crippen molar-refractivity contribution in [1.82, 2.24) is 9.88 Å². The number of carbonyl (C=O) groups is 1. The maximum absolute atomic E-state index is 12.2. The summed E-state index contributed by atoms with van der Waals surface area (Å²) in [7, 11) is 0. The number of oxazole rings is 1. The number of nitrogens with two attached hydrogens (primary N) is 1. The van der Waals surface area contributed by atoms with Gasteiger partial charge < -0.3 is 15.1 Å². The monoisotopic (exact) mass is 301 g/mol. The highest BCUT2D eigenvalue weighted by Crippen LogP contribution is 2.17. The second-order valence-corrected chi connectivity index (χ2v) is 6.57. The number of rotatable bonds is 5. The van der Waals surface area contributed by atoms with Crippen molar-refractivity contribution < 1.29 is 9.21 Å². The van der Waals surface area contributed by atoms with E-state index in [1.807, 2.05) is 22.9 Å². The summed E-state index contributed by atoms with van der Waals surface area (Å²) in [4.78, 5) is 18.3. The lowest BCUT2D eigenvalue weighted by molar-refractivity contribution is 0.0766. The number of amides is 1. The number of hydrogen-bond donors (Lipinski definition) is 1. The van der Waals surface area contributed by atoms with Crippen molar-refractivity contribution in [1.29, 1.82) is 0 Å². The van der Waals surface area contributed by atoms with Crippen LogP contribution < -0.4 is 5.73 Å². The molecule has 19 heavy (non-hydrogen) atoms. The molecule has 0 saturated carbocycles. The molecule has 2 rings (SSSR count). The number of thioether (sulfide) groups is 2. The van der Waals surface area contributed by atoms with E-state index >= 15 is 0 Å². The van der Waals surface area contributed by atoms with Crippen LogP contribution in [0.15, 0.2) is 10.7 Å². The van der Waals surface area contributed by atoms with Gasteiger partial charge in [-0.05, 0) is 18.4 Å². The van der Waals surface area contributed by atoms with Crippen molar-refractivity contribution in [2.75, 3.05) is 36.6 Å². The summed E-state index contributed by atoms with van der Waals surface area (Å²) in [5.41, 5.74) is 6.35. The van der Waals surface area contributed by atoms with Crippen LogP contribution in [0.25, 0.3) is 0 Å². The average Bonchev–Trinajstić information content (AvgIpc) is 2.94. The van der Waals surface area contributed by atoms with Gasteiger partial charge in [-0.25, -0.2) is 4.98 Å². The van der Waals surface area contributed by atoms with Gasteiger partial charge in [0.25, 0.3) is 5.91 Å². The minimum atomic E-state index is -0.231. The molecule has 1 fully saturated rings. The number of aromatic nitrogens is 1. The fourth-order valence-corrected chi connectivity index (χ4v) is 3.25. The first-order chi connectivity index (χ1) is 9.22. The molecule has 0 aromatic carbocycles. The molecule has 0 radical (unpaired) electrons. The minimum absolute atomic E-state index is 0.0487. The third kappa shape index (κ3) is 3.90. The van der Waals surface area contributed by atoms with Gasteiger partial charge in [-0.3, -0.25) is 4.79 Å². The Kier molecular flexibility index (Phi) is 5.59. The Labute approximate surface area is 121 Å². The van der Waals surface area contributed by atoms with Crippen molar-refractivity contribution in [3.05, 3.63) is 17.8 Å². The van der Waals surface area contributed by atoms with E-state index in [0.717, 1.165) is 36.8 Å². The molecule has 1 aliphatic rings. The number of hydrogen-bond acceptors (Lipinski definition) is 6. The third-order valence-electron chi connectivity index (χ3n) is 2.99. The molecular weight excluding hydrogens is 282 g/mol. The summed E-state index contributed by atoms with van der Waals surface area (Å²) in [6, 6.07) is -0.231. The quantitative estimate of drug-likeness (QED) is 0.891. The smallest absolute Gasteiger partial charge is 0.275 e. The Hall–Kier alpha value is -0.660. The van der Waals surface area contributed by atoms with Gasteiger partial charge in [0.15, 0.2) is 5.69 Å². The normalized spacial score (nSPS) is 17.5. The lowest BCUT2D eigenvalue weighted by Crippen LogP contribution is -2.38. The van der Waals surface area contributed by atoms with E-state index in [2.05, 4.69) is 4.98 Å². The fraction of sp³-hybridized carbons (Fsp3) is 0.667. The summed E-state index contributed by atoms with van der Waals surface area (Å²) < 4.78 is 5.34. The van der Waals surface area contributed by atoms with E-state index in [1.54, 1.807) is 11.8 Å². The second-order valence-electron chi connectivity index (χ2n) is 4.36. The second kappa shape index (κ2) is 7.21. The molecule has 2 N–H and O–H groups in total. The molecule has 5 nitrogen and oxygen atoms in total. The first-order valence-corrected chi connectivity index (χ1v) is 8.84. The maximum atomic E-state index is 12.2. The SMILES string of the molecule is CSCCC(N)c1nc(C(=O)N2CCSCC2)co1. The lowest BCUT2D eigenvalue weighted by atomic mass is 10.2. The van der Waals surface area contributed by atoms with Crippen LogP contribution in [-0.4, -0.2) is 52.4 Å². The first-order valence-electron chi connectivity index (χ1n) is 6.29. The zero-order chi connectivity index (χ0) is 13.7. The molecule has 1 amide bonds. The van der Waals surface area contributed by atoms with Crippen LogP contribution >= 0.6 is 23.5 Å². The molecule has 1 unspecified atom stereocenters. The highest BCUT2D eigenvalue weighted by atomic mass is 32.2. The molecule has 0 aliphatic carbocycles. The Morgan fingerprint density at radius 2 is 2.37 bits per heavy atom. The zero-order valence-electron chi connectivity index (χ0n) is 11.0. The van der Waals surface area contributed by atoms with Crippen LogP contribution in [0.1, 0.15) is 28.8 Å². The predicted molar refractivity (Wildman–Crippen MR) is 79.7 cm³/mol. The third-order valence-corrected chi connectivity index (χ3v) is 4.58. The van der Waals surface area contributed by atoms with Gasteiger partial charge in [-0.2, -0.15) is 23.5 Å². The molecule has 1 aliphatic heterocycles. The van der Waals surface area contributed by atoms with E-state index in [4.69, 9.17) is 10.2 Å². The van der Waals surface area contributed by atoms with Crippen LogP contribution in [0, 0.1) is 0 Å². The summed E-state index contributed by atoms with van der Waals surface area (Å²) in [6.07, 6.45) is 4.26. The topological polar surface area (TPSA) is 72.4 Å². The maximum Gasteiger partial charge on any atom is 0.275 e. The predicted octanol–water partition coefficient (Wildman–Crippen LogP) is 1.62. The standard InChI is InChI=1S/C12H19N3O2S2/c1-18-5-2-9(13)11-14-10(8-17-11)12(16)15-3-6-19-7-4-15/h8-9H,2-7,13H2,1H3. The van der Waals surface area contributed by atoms with E-state index in [9.17, 15) is 4.79 Å². The number of nitrogens with zero attached hydrogens (tertiary/aromatic N) is 2. The summed E-state index contributed by atoms with van der Waals surface area (Å²) in [6.45, 7) is 1.56. The van der Waals surface area contributed by atoms with Crippen molar-refractivity contribution in [3.8, 4) is 0 Å². The molecule has 7 heteroatoms. The molecule has 2 heterocycles. The average molecular weight is 301 g/mol. The van der Waals surface area contributed by atoms with Gasteiger partial charge in [0.1, 0.15) is 6.26 Å². The van der Waals surface area contributed by atoms with Crippen molar-refractivity contribution in [3.63, 3.8) is 0 Å². The van der Waals surface area contributed by atoms with E-state index in [-0.39, 0.29) is 11.9 Å². The van der Waals surface area contributed by atoms with Gasteiger partial charge in [0, 0.05) is 24.6 Å². The highest BCUT2D eigenvalue weighted by molar-refractivity contribution is 7.99. The molecule has 106 valence electrons. The van der Waals surface area contributed by atoms with Crippen molar-refractivity contribution in [2.45, 2.75) is 12.5 Å². The van der Waals surface area contributed by atoms with Gasteiger partial charge in [0.05, 0.1) is 6.04 Å². The Bertz CT molecular complexity index is 419. The molecular formula is C12H19N3O2S2. The van der Waals surface area contributed by atoms with Crippen LogP contribution in [0.2, 0.25) is 0 Å². The largest absolute Gasteiger partial charge is 0.446 e. The molecule has 0 spiro atoms. The van der Waals surface area contributed by atoms with Crippen LogP contribution in [-0.2, 0) is 0 Å². The van der Waals surface area contributed by atoms with Gasteiger partial charge in [0.2, 0.25) is 5.89 Å². The van der Waals surface area contributed by atoms with Gasteiger partial charge in [-0.15, -0.1) is 0 Å². The van der Waals surface area contributed by atoms with E-state index in [0.29, 0.717) is 11.6 Å². The van der Waals surface area contributed by atoms with Crippen LogP contribution in [0.3, 0.4) is 0 Å². The minimum Gasteiger partial charge on any atom is -0.446 e. The van der Waals surface area contributed by atoms with E-state index < -0.39 is 0 Å². The highest BCUT2D eigenvalue weighted by Gasteiger charge is 2.22. The molecule has 1 aromatic heterocycles. The lowest BCUT2D eigenvalue weighted by Gasteiger charge is -2.25. The van der Waals surface area contributed by atoms with Gasteiger partial charge in [-0.1, -0.05) is 0 Å². The molecule has 0 bridgehead atoms. The summed E-state index contributed by atoms with van der Waals surface area (Å²) in [5.74, 6) is 3.35. The van der Waals surface area contributed by atoms with Crippen LogP contribution in [0.5, 0.6) is 0 Å². The molecule has 1 atom stereocenters. The van der Waals surface area contributed by atoms with Crippen molar-refractivity contribution >= 4 is 29.4 Å². The van der Waals surface area contributed by atoms with Crippen LogP contribution in [0.4, 0.5) is 0 Å². The Balaban J connectivity index is 1.97. The molecule has 1 saturated heterocycles.